The number of carbonyl (C=O) groups excluding carboxylic acids is 1. The summed E-state index contributed by atoms with van der Waals surface area (Å²) in [4.78, 5) is 20.4. The largest absolute Gasteiger partial charge is 0.392 e. The minimum absolute atomic E-state index is 0.222. The Morgan fingerprint density at radius 2 is 2.12 bits per heavy atom. The summed E-state index contributed by atoms with van der Waals surface area (Å²) in [6, 6.07) is 0. The van der Waals surface area contributed by atoms with Gasteiger partial charge >= 0.3 is 0 Å². The average Bonchev–Trinajstić information content (AvgIpc) is 2.24. The van der Waals surface area contributed by atoms with Crippen molar-refractivity contribution < 1.29 is 9.90 Å². The third-order valence-electron chi connectivity index (χ3n) is 2.15. The number of nitrogens with zero attached hydrogens (tertiary/aromatic N) is 2. The molecule has 2 N–H and O–H groups in total. The van der Waals surface area contributed by atoms with Crippen LogP contribution < -0.4 is 5.32 Å². The lowest BCUT2D eigenvalue weighted by Crippen LogP contribution is -2.31. The first-order valence-electron chi connectivity index (χ1n) is 5.31. The maximum atomic E-state index is 11.9. The molecule has 5 nitrogen and oxygen atoms in total. The molecule has 0 radical (unpaired) electrons. The van der Waals surface area contributed by atoms with Gasteiger partial charge in [-0.2, -0.15) is 0 Å². The number of aliphatic hydroxyl groups is 1. The van der Waals surface area contributed by atoms with Crippen LogP contribution in [0.1, 0.15) is 28.8 Å². The zero-order valence-corrected chi connectivity index (χ0v) is 11.3. The number of aryl methyl sites for hydroxylation is 2. The molecule has 6 heteroatoms. The fourth-order valence-corrected chi connectivity index (χ4v) is 2.09. The molecule has 94 valence electrons. The van der Waals surface area contributed by atoms with E-state index in [0.717, 1.165) is 0 Å². The van der Waals surface area contributed by atoms with E-state index in [9.17, 15) is 4.79 Å². The third kappa shape index (κ3) is 3.67. The van der Waals surface area contributed by atoms with Crippen molar-refractivity contribution in [3.05, 3.63) is 17.1 Å². The Kier molecular flexibility index (Phi) is 4.89. The molecule has 17 heavy (non-hydrogen) atoms. The molecule has 1 unspecified atom stereocenters. The van der Waals surface area contributed by atoms with E-state index in [-0.39, 0.29) is 12.5 Å². The molecule has 0 bridgehead atoms. The number of nitrogens with one attached hydrogen (secondary N) is 1. The standard InChI is InChI=1S/C11H17N3O2S/c1-6(15)5-12-10(16)9-7(2)13-8(3)14-11(9)17-4/h6,15H,5H2,1-4H3,(H,12,16). The fraction of sp³-hybridized carbons (Fsp3) is 0.545. The summed E-state index contributed by atoms with van der Waals surface area (Å²) >= 11 is 1.41. The summed E-state index contributed by atoms with van der Waals surface area (Å²) in [5.74, 6) is 0.409. The van der Waals surface area contributed by atoms with Crippen molar-refractivity contribution >= 4 is 17.7 Å². The quantitative estimate of drug-likeness (QED) is 0.618. The lowest BCUT2D eigenvalue weighted by molar-refractivity contribution is 0.0919. The number of amides is 1. The zero-order valence-electron chi connectivity index (χ0n) is 10.4. The number of aromatic nitrogens is 2. The summed E-state index contributed by atoms with van der Waals surface area (Å²) in [6.07, 6.45) is 1.30. The van der Waals surface area contributed by atoms with E-state index in [1.807, 2.05) is 6.26 Å². The first-order valence-corrected chi connectivity index (χ1v) is 6.53. The van der Waals surface area contributed by atoms with Crippen molar-refractivity contribution in [2.24, 2.45) is 0 Å². The molecule has 1 atom stereocenters. The Labute approximate surface area is 105 Å². The van der Waals surface area contributed by atoms with Gasteiger partial charge in [0.25, 0.3) is 5.91 Å². The second kappa shape index (κ2) is 5.97. The van der Waals surface area contributed by atoms with Gasteiger partial charge in [-0.3, -0.25) is 4.79 Å². The van der Waals surface area contributed by atoms with Crippen LogP contribution in [0.4, 0.5) is 0 Å². The van der Waals surface area contributed by atoms with Crippen LogP contribution >= 0.6 is 11.8 Å². The molecule has 0 saturated carbocycles. The molecule has 0 aromatic carbocycles. The Morgan fingerprint density at radius 3 is 2.65 bits per heavy atom. The van der Waals surface area contributed by atoms with E-state index in [1.165, 1.54) is 11.8 Å². The van der Waals surface area contributed by atoms with Crippen LogP contribution in [-0.4, -0.2) is 39.9 Å². The van der Waals surface area contributed by atoms with Crippen molar-refractivity contribution in [2.75, 3.05) is 12.8 Å². The average molecular weight is 255 g/mol. The van der Waals surface area contributed by atoms with E-state index in [1.54, 1.807) is 20.8 Å². The van der Waals surface area contributed by atoms with Crippen molar-refractivity contribution in [2.45, 2.75) is 31.9 Å². The van der Waals surface area contributed by atoms with Crippen LogP contribution in [0.2, 0.25) is 0 Å². The molecule has 0 aliphatic rings. The van der Waals surface area contributed by atoms with Crippen molar-refractivity contribution in [1.82, 2.24) is 15.3 Å². The lowest BCUT2D eigenvalue weighted by Gasteiger charge is -2.11. The molecule has 0 spiro atoms. The monoisotopic (exact) mass is 255 g/mol. The van der Waals surface area contributed by atoms with Crippen LogP contribution in [0.3, 0.4) is 0 Å². The first-order chi connectivity index (χ1) is 7.95. The van der Waals surface area contributed by atoms with Crippen LogP contribution in [0.5, 0.6) is 0 Å². The number of hydrogen-bond donors (Lipinski definition) is 2. The minimum atomic E-state index is -0.566. The van der Waals surface area contributed by atoms with E-state index in [2.05, 4.69) is 15.3 Å². The molecule has 1 amide bonds. The molecular weight excluding hydrogens is 238 g/mol. The van der Waals surface area contributed by atoms with Crippen LogP contribution in [0.15, 0.2) is 5.03 Å². The van der Waals surface area contributed by atoms with Gasteiger partial charge in [-0.1, -0.05) is 0 Å². The molecule has 1 aromatic rings. The number of thioether (sulfide) groups is 1. The number of rotatable bonds is 4. The van der Waals surface area contributed by atoms with Gasteiger partial charge in [0.2, 0.25) is 0 Å². The Bertz CT molecular complexity index is 421. The lowest BCUT2D eigenvalue weighted by atomic mass is 10.2. The van der Waals surface area contributed by atoms with E-state index >= 15 is 0 Å². The molecule has 1 heterocycles. The second-order valence-corrected chi connectivity index (χ2v) is 4.59. The molecule has 0 aliphatic heterocycles. The first kappa shape index (κ1) is 13.9. The highest BCUT2D eigenvalue weighted by Gasteiger charge is 2.17. The maximum Gasteiger partial charge on any atom is 0.255 e. The van der Waals surface area contributed by atoms with Crippen LogP contribution in [0.25, 0.3) is 0 Å². The van der Waals surface area contributed by atoms with E-state index < -0.39 is 6.10 Å². The summed E-state index contributed by atoms with van der Waals surface area (Å²) in [7, 11) is 0. The smallest absolute Gasteiger partial charge is 0.255 e. The molecule has 1 aromatic heterocycles. The van der Waals surface area contributed by atoms with Gasteiger partial charge in [0.1, 0.15) is 10.9 Å². The zero-order chi connectivity index (χ0) is 13.0. The van der Waals surface area contributed by atoms with Gasteiger partial charge < -0.3 is 10.4 Å². The Morgan fingerprint density at radius 1 is 1.47 bits per heavy atom. The predicted octanol–water partition coefficient (Wildman–Crippen LogP) is 0.926. The summed E-state index contributed by atoms with van der Waals surface area (Å²) in [5.41, 5.74) is 1.15. The van der Waals surface area contributed by atoms with Gasteiger partial charge in [0, 0.05) is 6.54 Å². The number of carbonyl (C=O) groups is 1. The normalized spacial score (nSPS) is 12.3. The maximum absolute atomic E-state index is 11.9. The number of hydrogen-bond acceptors (Lipinski definition) is 5. The van der Waals surface area contributed by atoms with Crippen molar-refractivity contribution in [1.29, 1.82) is 0 Å². The van der Waals surface area contributed by atoms with E-state index in [4.69, 9.17) is 5.11 Å². The van der Waals surface area contributed by atoms with Gasteiger partial charge in [0.05, 0.1) is 17.4 Å². The third-order valence-corrected chi connectivity index (χ3v) is 2.83. The highest BCUT2D eigenvalue weighted by Crippen LogP contribution is 2.20. The highest BCUT2D eigenvalue weighted by atomic mass is 32.2. The van der Waals surface area contributed by atoms with Crippen molar-refractivity contribution in [3.8, 4) is 0 Å². The summed E-state index contributed by atoms with van der Waals surface area (Å²) in [6.45, 7) is 5.42. The Hall–Kier alpha value is -1.14. The number of aliphatic hydroxyl groups excluding tert-OH is 1. The van der Waals surface area contributed by atoms with Gasteiger partial charge in [0.15, 0.2) is 0 Å². The molecule has 1 rings (SSSR count). The van der Waals surface area contributed by atoms with Crippen LogP contribution in [-0.2, 0) is 0 Å². The van der Waals surface area contributed by atoms with Crippen molar-refractivity contribution in [3.63, 3.8) is 0 Å². The molecular formula is C11H17N3O2S. The predicted molar refractivity (Wildman–Crippen MR) is 67.3 cm³/mol. The van der Waals surface area contributed by atoms with E-state index in [0.29, 0.717) is 22.1 Å². The second-order valence-electron chi connectivity index (χ2n) is 3.80. The molecule has 0 aliphatic carbocycles. The van der Waals surface area contributed by atoms with Gasteiger partial charge in [-0.05, 0) is 27.0 Å². The fourth-order valence-electron chi connectivity index (χ4n) is 1.42. The topological polar surface area (TPSA) is 75.1 Å². The molecule has 0 fully saturated rings. The Balaban J connectivity index is 2.99. The molecule has 0 saturated heterocycles. The van der Waals surface area contributed by atoms with Gasteiger partial charge in [-0.25, -0.2) is 9.97 Å². The SMILES string of the molecule is CSc1nc(C)nc(C)c1C(=O)NCC(C)O. The highest BCUT2D eigenvalue weighted by molar-refractivity contribution is 7.98. The summed E-state index contributed by atoms with van der Waals surface area (Å²) in [5, 5.41) is 12.5. The summed E-state index contributed by atoms with van der Waals surface area (Å²) < 4.78 is 0. The van der Waals surface area contributed by atoms with Gasteiger partial charge in [-0.15, -0.1) is 11.8 Å². The van der Waals surface area contributed by atoms with Crippen LogP contribution in [0, 0.1) is 13.8 Å². The minimum Gasteiger partial charge on any atom is -0.392 e.